The number of amides is 2. The second kappa shape index (κ2) is 7.66. The summed E-state index contributed by atoms with van der Waals surface area (Å²) in [6, 6.07) is 14.2. The van der Waals surface area contributed by atoms with E-state index < -0.39 is 11.0 Å². The van der Waals surface area contributed by atoms with Crippen molar-refractivity contribution < 1.29 is 14.5 Å². The Kier molecular flexibility index (Phi) is 5.13. The summed E-state index contributed by atoms with van der Waals surface area (Å²) >= 11 is 0. The van der Waals surface area contributed by atoms with Crippen LogP contribution in [0.25, 0.3) is 0 Å². The quantitative estimate of drug-likeness (QED) is 0.643. The number of nitro benzene ring substituents is 1. The fourth-order valence-corrected chi connectivity index (χ4v) is 3.05. The summed E-state index contributed by atoms with van der Waals surface area (Å²) in [5.74, 6) is -0.540. The van der Waals surface area contributed by atoms with E-state index in [9.17, 15) is 19.7 Å². The summed E-state index contributed by atoms with van der Waals surface area (Å²) in [6.45, 7) is 0.390. The Balaban J connectivity index is 1.66. The predicted molar refractivity (Wildman–Crippen MR) is 95.5 cm³/mol. The minimum absolute atomic E-state index is 0.0360. The maximum absolute atomic E-state index is 12.3. The van der Waals surface area contributed by atoms with Crippen LogP contribution in [0.5, 0.6) is 0 Å². The van der Waals surface area contributed by atoms with Crippen LogP contribution >= 0.6 is 0 Å². The highest BCUT2D eigenvalue weighted by molar-refractivity contribution is 5.95. The van der Waals surface area contributed by atoms with Gasteiger partial charge in [-0.15, -0.1) is 0 Å². The molecular weight excluding hydrogens is 348 g/mol. The van der Waals surface area contributed by atoms with Crippen molar-refractivity contribution in [1.82, 2.24) is 10.2 Å². The van der Waals surface area contributed by atoms with Crippen molar-refractivity contribution in [3.8, 4) is 6.07 Å². The fraction of sp³-hybridized carbons (Fsp3) is 0.211. The summed E-state index contributed by atoms with van der Waals surface area (Å²) in [7, 11) is 0. The first-order chi connectivity index (χ1) is 13.0. The standard InChI is InChI=1S/C19H16N4O4/c20-10-13-4-3-6-14(8-13)19(25)21-16-9-18(24)22(12-16)11-15-5-1-2-7-17(15)23(26)27/h1-8,16H,9,11-12H2,(H,21,25). The van der Waals surface area contributed by atoms with Gasteiger partial charge in [-0.3, -0.25) is 19.7 Å². The van der Waals surface area contributed by atoms with E-state index >= 15 is 0 Å². The van der Waals surface area contributed by atoms with Crippen LogP contribution in [-0.4, -0.2) is 34.2 Å². The summed E-state index contributed by atoms with van der Waals surface area (Å²) in [5.41, 5.74) is 1.14. The lowest BCUT2D eigenvalue weighted by molar-refractivity contribution is -0.385. The summed E-state index contributed by atoms with van der Waals surface area (Å²) in [5, 5.41) is 22.8. The molecule has 1 N–H and O–H groups in total. The molecule has 0 saturated carbocycles. The zero-order valence-electron chi connectivity index (χ0n) is 14.3. The van der Waals surface area contributed by atoms with Crippen molar-refractivity contribution >= 4 is 17.5 Å². The number of benzene rings is 2. The van der Waals surface area contributed by atoms with Gasteiger partial charge in [0.15, 0.2) is 0 Å². The molecule has 8 heteroatoms. The molecule has 1 fully saturated rings. The molecule has 1 atom stereocenters. The number of rotatable bonds is 5. The van der Waals surface area contributed by atoms with Gasteiger partial charge in [0.1, 0.15) is 0 Å². The Morgan fingerprint density at radius 1 is 1.30 bits per heavy atom. The maximum atomic E-state index is 12.3. The molecule has 136 valence electrons. The van der Waals surface area contributed by atoms with Gasteiger partial charge in [-0.1, -0.05) is 24.3 Å². The molecule has 1 saturated heterocycles. The highest BCUT2D eigenvalue weighted by Gasteiger charge is 2.32. The van der Waals surface area contributed by atoms with Gasteiger partial charge in [0.2, 0.25) is 5.91 Å². The third kappa shape index (κ3) is 4.10. The third-order valence-electron chi connectivity index (χ3n) is 4.35. The second-order valence-electron chi connectivity index (χ2n) is 6.23. The first-order valence-electron chi connectivity index (χ1n) is 8.29. The average Bonchev–Trinajstić information content (AvgIpc) is 3.00. The molecule has 1 aliphatic heterocycles. The molecule has 8 nitrogen and oxygen atoms in total. The van der Waals surface area contributed by atoms with Crippen LogP contribution in [0.4, 0.5) is 5.69 Å². The molecule has 3 rings (SSSR count). The van der Waals surface area contributed by atoms with Crippen molar-refractivity contribution in [1.29, 1.82) is 5.26 Å². The zero-order valence-corrected chi connectivity index (χ0v) is 14.3. The highest BCUT2D eigenvalue weighted by Crippen LogP contribution is 2.22. The Morgan fingerprint density at radius 2 is 2.07 bits per heavy atom. The lowest BCUT2D eigenvalue weighted by atomic mass is 10.1. The maximum Gasteiger partial charge on any atom is 0.274 e. The van der Waals surface area contributed by atoms with E-state index in [-0.39, 0.29) is 37.0 Å². The molecule has 1 heterocycles. The van der Waals surface area contributed by atoms with Crippen LogP contribution in [0, 0.1) is 21.4 Å². The number of nitrogens with zero attached hydrogens (tertiary/aromatic N) is 3. The number of carbonyl (C=O) groups is 2. The number of nitriles is 1. The fourth-order valence-electron chi connectivity index (χ4n) is 3.05. The molecule has 0 radical (unpaired) electrons. The number of hydrogen-bond donors (Lipinski definition) is 1. The van der Waals surface area contributed by atoms with Crippen molar-refractivity contribution in [2.75, 3.05) is 6.54 Å². The molecular formula is C19H16N4O4. The van der Waals surface area contributed by atoms with Gasteiger partial charge in [0.05, 0.1) is 29.1 Å². The first kappa shape index (κ1) is 18.1. The van der Waals surface area contributed by atoms with E-state index in [1.807, 2.05) is 6.07 Å². The van der Waals surface area contributed by atoms with Gasteiger partial charge >= 0.3 is 0 Å². The molecule has 0 aromatic heterocycles. The van der Waals surface area contributed by atoms with E-state index in [0.717, 1.165) is 0 Å². The molecule has 2 amide bonds. The Hall–Kier alpha value is -3.73. The molecule has 0 spiro atoms. The van der Waals surface area contributed by atoms with E-state index in [1.54, 1.807) is 36.4 Å². The number of hydrogen-bond acceptors (Lipinski definition) is 5. The summed E-state index contributed by atoms with van der Waals surface area (Å²) in [4.78, 5) is 36.7. The lowest BCUT2D eigenvalue weighted by Crippen LogP contribution is -2.37. The van der Waals surface area contributed by atoms with E-state index in [2.05, 4.69) is 5.32 Å². The highest BCUT2D eigenvalue weighted by atomic mass is 16.6. The lowest BCUT2D eigenvalue weighted by Gasteiger charge is -2.17. The van der Waals surface area contributed by atoms with E-state index in [1.165, 1.54) is 17.0 Å². The van der Waals surface area contributed by atoms with Crippen LogP contribution in [0.1, 0.15) is 27.9 Å². The summed E-state index contributed by atoms with van der Waals surface area (Å²) in [6.07, 6.45) is 0.129. The van der Waals surface area contributed by atoms with Crippen molar-refractivity contribution in [3.05, 3.63) is 75.3 Å². The van der Waals surface area contributed by atoms with Crippen molar-refractivity contribution in [2.45, 2.75) is 19.0 Å². The molecule has 27 heavy (non-hydrogen) atoms. The van der Waals surface area contributed by atoms with Crippen molar-refractivity contribution in [3.63, 3.8) is 0 Å². The normalized spacial score (nSPS) is 16.0. The number of para-hydroxylation sites is 1. The molecule has 0 bridgehead atoms. The zero-order chi connectivity index (χ0) is 19.4. The minimum Gasteiger partial charge on any atom is -0.347 e. The van der Waals surface area contributed by atoms with Crippen LogP contribution in [-0.2, 0) is 11.3 Å². The van der Waals surface area contributed by atoms with Gasteiger partial charge in [-0.25, -0.2) is 0 Å². The van der Waals surface area contributed by atoms with Crippen LogP contribution in [0.15, 0.2) is 48.5 Å². The topological polar surface area (TPSA) is 116 Å². The van der Waals surface area contributed by atoms with Gasteiger partial charge in [-0.05, 0) is 18.2 Å². The molecule has 2 aromatic rings. The number of nitrogens with one attached hydrogen (secondary N) is 1. The second-order valence-corrected chi connectivity index (χ2v) is 6.23. The van der Waals surface area contributed by atoms with E-state index in [4.69, 9.17) is 5.26 Å². The Morgan fingerprint density at radius 3 is 2.81 bits per heavy atom. The van der Waals surface area contributed by atoms with Crippen LogP contribution in [0.3, 0.4) is 0 Å². The average molecular weight is 364 g/mol. The van der Waals surface area contributed by atoms with Crippen LogP contribution in [0.2, 0.25) is 0 Å². The largest absolute Gasteiger partial charge is 0.347 e. The van der Waals surface area contributed by atoms with Crippen LogP contribution < -0.4 is 5.32 Å². The van der Waals surface area contributed by atoms with Gasteiger partial charge in [0.25, 0.3) is 11.6 Å². The Bertz CT molecular complexity index is 951. The Labute approximate surface area is 155 Å². The minimum atomic E-state index is -0.475. The number of likely N-dealkylation sites (tertiary alicyclic amines) is 1. The molecule has 2 aromatic carbocycles. The van der Waals surface area contributed by atoms with Gasteiger partial charge < -0.3 is 10.2 Å². The monoisotopic (exact) mass is 364 g/mol. The van der Waals surface area contributed by atoms with Gasteiger partial charge in [0, 0.05) is 30.2 Å². The predicted octanol–water partition coefficient (Wildman–Crippen LogP) is 2.00. The summed E-state index contributed by atoms with van der Waals surface area (Å²) < 4.78 is 0. The third-order valence-corrected chi connectivity index (χ3v) is 4.35. The number of carbonyl (C=O) groups excluding carboxylic acids is 2. The number of nitro groups is 1. The van der Waals surface area contributed by atoms with Gasteiger partial charge in [-0.2, -0.15) is 5.26 Å². The van der Waals surface area contributed by atoms with Crippen molar-refractivity contribution in [2.24, 2.45) is 0 Å². The van der Waals surface area contributed by atoms with E-state index in [0.29, 0.717) is 16.7 Å². The first-order valence-corrected chi connectivity index (χ1v) is 8.29. The molecule has 1 aliphatic rings. The smallest absolute Gasteiger partial charge is 0.274 e. The molecule has 1 unspecified atom stereocenters. The molecule has 0 aliphatic carbocycles. The SMILES string of the molecule is N#Cc1cccc(C(=O)NC2CC(=O)N(Cc3ccccc3[N+](=O)[O-])C2)c1.